The number of amides is 1. The number of carbonyl (C=O) groups is 1. The fraction of sp³-hybridized carbons (Fsp3) is 0.217. The molecule has 1 aliphatic carbocycles. The number of para-hydroxylation sites is 1. The first-order valence-corrected chi connectivity index (χ1v) is 19.0. The first kappa shape index (κ1) is 37.0. The van der Waals surface area contributed by atoms with Gasteiger partial charge in [-0.3, -0.25) is 9.88 Å². The highest BCUT2D eigenvalue weighted by Crippen LogP contribution is 2.60. The molecule has 9 rings (SSSR count). The highest BCUT2D eigenvalue weighted by atomic mass is 16.6. The summed E-state index contributed by atoms with van der Waals surface area (Å²) in [6, 6.07) is 41.5. The molecule has 0 saturated carbocycles. The summed E-state index contributed by atoms with van der Waals surface area (Å²) < 4.78 is 26.8. The number of carbonyl (C=O) groups excluding carboxylic acids is 1. The van der Waals surface area contributed by atoms with Crippen LogP contribution >= 0.6 is 0 Å². The van der Waals surface area contributed by atoms with E-state index < -0.39 is 36.0 Å². The molecule has 292 valence electrons. The molecular weight excluding hydrogens is 735 g/mol. The summed E-state index contributed by atoms with van der Waals surface area (Å²) in [7, 11) is 3.16. The van der Waals surface area contributed by atoms with Crippen molar-refractivity contribution in [2.75, 3.05) is 32.8 Å². The summed E-state index contributed by atoms with van der Waals surface area (Å²) in [5, 5.41) is 25.3. The number of anilines is 1. The molecule has 1 fully saturated rings. The predicted molar refractivity (Wildman–Crippen MR) is 217 cm³/mol. The molecule has 12 nitrogen and oxygen atoms in total. The molecule has 1 aliphatic heterocycles. The van der Waals surface area contributed by atoms with Gasteiger partial charge in [-0.15, -0.1) is 0 Å². The van der Waals surface area contributed by atoms with Gasteiger partial charge in [0, 0.05) is 17.9 Å². The van der Waals surface area contributed by atoms with Crippen LogP contribution in [0.15, 0.2) is 140 Å². The van der Waals surface area contributed by atoms with Crippen molar-refractivity contribution in [3.05, 3.63) is 168 Å². The van der Waals surface area contributed by atoms with E-state index in [4.69, 9.17) is 28.9 Å². The summed E-state index contributed by atoms with van der Waals surface area (Å²) >= 11 is 0. The van der Waals surface area contributed by atoms with Crippen molar-refractivity contribution in [3.63, 3.8) is 0 Å². The van der Waals surface area contributed by atoms with Crippen molar-refractivity contribution in [2.45, 2.75) is 35.7 Å². The molecule has 3 heterocycles. The molecule has 1 amide bonds. The first-order chi connectivity index (χ1) is 28.4. The topological polar surface area (TPSA) is 150 Å². The lowest BCUT2D eigenvalue weighted by atomic mass is 9.61. The van der Waals surface area contributed by atoms with Gasteiger partial charge in [-0.1, -0.05) is 121 Å². The number of aliphatic hydroxyl groups excluding tert-OH is 2. The summed E-state index contributed by atoms with van der Waals surface area (Å²) in [6.07, 6.45) is 0.0611. The van der Waals surface area contributed by atoms with Gasteiger partial charge in [0.25, 0.3) is 0 Å². The molecular formula is C46H41N5O7. The van der Waals surface area contributed by atoms with Crippen LogP contribution in [0.1, 0.15) is 40.2 Å². The zero-order valence-electron chi connectivity index (χ0n) is 31.9. The number of ether oxygens (including phenoxy) is 4. The third-order valence-corrected chi connectivity index (χ3v) is 11.5. The average molecular weight is 776 g/mol. The van der Waals surface area contributed by atoms with Gasteiger partial charge in [0.1, 0.15) is 19.0 Å². The van der Waals surface area contributed by atoms with E-state index in [1.165, 1.54) is 6.33 Å². The fourth-order valence-electron chi connectivity index (χ4n) is 9.15. The molecule has 0 radical (unpaired) electrons. The minimum atomic E-state index is -1.59. The van der Waals surface area contributed by atoms with E-state index in [0.29, 0.717) is 22.7 Å². The van der Waals surface area contributed by atoms with Crippen molar-refractivity contribution in [1.82, 2.24) is 19.5 Å². The van der Waals surface area contributed by atoms with Crippen LogP contribution in [0.3, 0.4) is 0 Å². The van der Waals surface area contributed by atoms with Crippen molar-refractivity contribution in [3.8, 4) is 22.6 Å². The number of aromatic nitrogens is 4. The molecule has 0 unspecified atom stereocenters. The second kappa shape index (κ2) is 15.1. The van der Waals surface area contributed by atoms with Crippen LogP contribution in [0.4, 0.5) is 10.6 Å². The van der Waals surface area contributed by atoms with Gasteiger partial charge >= 0.3 is 6.09 Å². The molecule has 0 bridgehead atoms. The quantitative estimate of drug-likeness (QED) is 0.117. The maximum atomic E-state index is 13.6. The minimum Gasteiger partial charge on any atom is -0.493 e. The van der Waals surface area contributed by atoms with Gasteiger partial charge in [0.15, 0.2) is 34.2 Å². The Bertz CT molecular complexity index is 2520. The molecule has 3 atom stereocenters. The second-order valence-electron chi connectivity index (χ2n) is 14.4. The van der Waals surface area contributed by atoms with Crippen molar-refractivity contribution in [2.24, 2.45) is 0 Å². The number of benzene rings is 5. The Morgan fingerprint density at radius 3 is 2.07 bits per heavy atom. The van der Waals surface area contributed by atoms with Gasteiger partial charge in [0.2, 0.25) is 0 Å². The highest BCUT2D eigenvalue weighted by Gasteiger charge is 2.64. The number of nitrogens with one attached hydrogen (secondary N) is 1. The van der Waals surface area contributed by atoms with Crippen LogP contribution in [-0.4, -0.2) is 75.5 Å². The lowest BCUT2D eigenvalue weighted by molar-refractivity contribution is -0.143. The van der Waals surface area contributed by atoms with E-state index in [1.807, 2.05) is 103 Å². The maximum Gasteiger partial charge on any atom is 0.412 e. The van der Waals surface area contributed by atoms with E-state index in [-0.39, 0.29) is 30.3 Å². The second-order valence-corrected chi connectivity index (χ2v) is 14.4. The Kier molecular flexibility index (Phi) is 9.60. The van der Waals surface area contributed by atoms with Crippen molar-refractivity contribution >= 4 is 23.1 Å². The molecule has 7 aromatic rings. The van der Waals surface area contributed by atoms with E-state index in [9.17, 15) is 15.0 Å². The van der Waals surface area contributed by atoms with E-state index >= 15 is 0 Å². The summed E-state index contributed by atoms with van der Waals surface area (Å²) in [5.74, 6) is 0.915. The summed E-state index contributed by atoms with van der Waals surface area (Å²) in [5.41, 5.74) is 4.30. The standard InChI is InChI=1S/C46H41N5O7/c1-55-38-23-13-22-36(41(38)56-2)46(29-14-5-3-6-15-29,30-16-7-4-8-17-30)45(24-37(53)39(25-52)58-45)51-28-49-40-42(47-27-48-43(40)51)50-44(54)57-26-35-33-20-11-9-18-31(33)32-19-10-12-21-34(32)35/h3-23,27-28,35,37,39,52-53H,24-26H2,1-2H3,(H,47,48,50,54)/t37-,39+,45-/m0/s1. The summed E-state index contributed by atoms with van der Waals surface area (Å²) in [4.78, 5) is 27.5. The molecule has 2 aliphatic rings. The van der Waals surface area contributed by atoms with Crippen LogP contribution in [0.2, 0.25) is 0 Å². The Balaban J connectivity index is 1.18. The normalized spacial score (nSPS) is 18.8. The monoisotopic (exact) mass is 775 g/mol. The third kappa shape index (κ3) is 5.71. The third-order valence-electron chi connectivity index (χ3n) is 11.5. The molecule has 3 N–H and O–H groups in total. The molecule has 5 aromatic carbocycles. The number of hydrogen-bond acceptors (Lipinski definition) is 10. The largest absolute Gasteiger partial charge is 0.493 e. The average Bonchev–Trinajstić information content (AvgIpc) is 3.96. The Hall–Kier alpha value is -6.60. The van der Waals surface area contributed by atoms with Gasteiger partial charge in [0.05, 0.1) is 38.7 Å². The molecule has 2 aromatic heterocycles. The number of aliphatic hydroxyl groups is 2. The zero-order valence-corrected chi connectivity index (χ0v) is 31.9. The number of methoxy groups -OCH3 is 2. The minimum absolute atomic E-state index is 0.0209. The molecule has 0 spiro atoms. The maximum absolute atomic E-state index is 13.6. The molecule has 58 heavy (non-hydrogen) atoms. The number of hydrogen-bond donors (Lipinski definition) is 3. The zero-order chi connectivity index (χ0) is 39.9. The van der Waals surface area contributed by atoms with E-state index in [0.717, 1.165) is 33.4 Å². The van der Waals surface area contributed by atoms with Crippen LogP contribution < -0.4 is 14.8 Å². The lowest BCUT2D eigenvalue weighted by Gasteiger charge is -2.50. The first-order valence-electron chi connectivity index (χ1n) is 19.0. The SMILES string of the molecule is COc1cccc(C(c2ccccc2)(c2ccccc2)[C@]2(n3cnc4c(NC(=O)OCC5c6ccccc6-c6ccccc65)ncnc43)C[C@H](O)[C@@H](CO)O2)c1OC. The van der Waals surface area contributed by atoms with Gasteiger partial charge in [-0.25, -0.2) is 19.7 Å². The Morgan fingerprint density at radius 2 is 1.47 bits per heavy atom. The number of fused-ring (bicyclic) bond motifs is 4. The van der Waals surface area contributed by atoms with Crippen LogP contribution in [0.25, 0.3) is 22.3 Å². The van der Waals surface area contributed by atoms with Gasteiger partial charge in [-0.05, 0) is 39.4 Å². The highest BCUT2D eigenvalue weighted by molar-refractivity contribution is 5.93. The van der Waals surface area contributed by atoms with Crippen LogP contribution in [0.5, 0.6) is 11.5 Å². The lowest BCUT2D eigenvalue weighted by Crippen LogP contribution is -2.55. The number of rotatable bonds is 11. The molecule has 1 saturated heterocycles. The van der Waals surface area contributed by atoms with Crippen LogP contribution in [-0.2, 0) is 20.6 Å². The fourth-order valence-corrected chi connectivity index (χ4v) is 9.15. The van der Waals surface area contributed by atoms with Crippen LogP contribution in [0, 0.1) is 0 Å². The molecule has 12 heteroatoms. The van der Waals surface area contributed by atoms with Gasteiger partial charge < -0.3 is 29.2 Å². The number of imidazole rings is 1. The smallest absolute Gasteiger partial charge is 0.412 e. The Morgan fingerprint density at radius 1 is 0.828 bits per heavy atom. The van der Waals surface area contributed by atoms with Gasteiger partial charge in [-0.2, -0.15) is 0 Å². The summed E-state index contributed by atoms with van der Waals surface area (Å²) in [6.45, 7) is -0.354. The van der Waals surface area contributed by atoms with Crippen molar-refractivity contribution in [1.29, 1.82) is 0 Å². The number of nitrogens with zero attached hydrogens (tertiary/aromatic N) is 4. The van der Waals surface area contributed by atoms with E-state index in [1.54, 1.807) is 25.1 Å². The van der Waals surface area contributed by atoms with Crippen molar-refractivity contribution < 1.29 is 34.0 Å². The predicted octanol–water partition coefficient (Wildman–Crippen LogP) is 7.03. The Labute approximate surface area is 334 Å². The van der Waals surface area contributed by atoms with E-state index in [2.05, 4.69) is 34.6 Å².